The van der Waals surface area contributed by atoms with E-state index in [0.717, 1.165) is 28.0 Å². The number of hydrogen-bond acceptors (Lipinski definition) is 4. The average molecular weight is 505 g/mol. The molecule has 1 unspecified atom stereocenters. The van der Waals surface area contributed by atoms with E-state index in [1.165, 1.54) is 6.07 Å². The Bertz CT molecular complexity index is 1300. The van der Waals surface area contributed by atoms with Crippen molar-refractivity contribution in [2.45, 2.75) is 26.3 Å². The number of anilines is 1. The molecule has 2 aliphatic heterocycles. The predicted octanol–water partition coefficient (Wildman–Crippen LogP) is 5.60. The van der Waals surface area contributed by atoms with Gasteiger partial charge in [0, 0.05) is 43.2 Å². The molecule has 2 heterocycles. The van der Waals surface area contributed by atoms with Gasteiger partial charge in [0.1, 0.15) is 5.82 Å². The number of hydrazone groups is 1. The van der Waals surface area contributed by atoms with E-state index in [0.29, 0.717) is 43.3 Å². The first-order chi connectivity index (χ1) is 17.4. The molecule has 0 N–H and O–H groups in total. The number of aryl methyl sites for hydroxylation is 2. The summed E-state index contributed by atoms with van der Waals surface area (Å²) < 4.78 is 14.2. The lowest BCUT2D eigenvalue weighted by Gasteiger charge is -2.36. The molecule has 0 saturated carbocycles. The molecule has 1 fully saturated rings. The summed E-state index contributed by atoms with van der Waals surface area (Å²) in [4.78, 5) is 17.8. The SMILES string of the molecule is Cc1ccc(C)c(C2CC(c3ccccc3Cl)=NN2C(=O)CN2CCN(c3ccccc3F)CC2)c1. The van der Waals surface area contributed by atoms with Crippen molar-refractivity contribution in [3.63, 3.8) is 0 Å². The highest BCUT2D eigenvalue weighted by molar-refractivity contribution is 6.34. The monoisotopic (exact) mass is 504 g/mol. The minimum absolute atomic E-state index is 0.0395. The molecule has 1 atom stereocenters. The first-order valence-corrected chi connectivity index (χ1v) is 12.7. The van der Waals surface area contributed by atoms with E-state index in [-0.39, 0.29) is 24.3 Å². The van der Waals surface area contributed by atoms with Crippen molar-refractivity contribution in [1.82, 2.24) is 9.91 Å². The van der Waals surface area contributed by atoms with Gasteiger partial charge in [-0.3, -0.25) is 9.69 Å². The highest BCUT2D eigenvalue weighted by Crippen LogP contribution is 2.36. The number of piperazine rings is 1. The van der Waals surface area contributed by atoms with Gasteiger partial charge in [0.25, 0.3) is 5.91 Å². The molecule has 5 nitrogen and oxygen atoms in total. The second-order valence-corrected chi connectivity index (χ2v) is 9.97. The summed E-state index contributed by atoms with van der Waals surface area (Å²) in [5.41, 5.74) is 5.70. The minimum atomic E-state index is -0.211. The van der Waals surface area contributed by atoms with Crippen LogP contribution < -0.4 is 4.90 Å². The van der Waals surface area contributed by atoms with E-state index in [2.05, 4.69) is 36.9 Å². The Morgan fingerprint density at radius 1 is 1.00 bits per heavy atom. The summed E-state index contributed by atoms with van der Waals surface area (Å²) in [6, 6.07) is 20.7. The van der Waals surface area contributed by atoms with Crippen LogP contribution in [0, 0.1) is 19.7 Å². The third-order valence-corrected chi connectivity index (χ3v) is 7.40. The zero-order chi connectivity index (χ0) is 25.2. The van der Waals surface area contributed by atoms with Crippen LogP contribution in [0.5, 0.6) is 0 Å². The van der Waals surface area contributed by atoms with Crippen molar-refractivity contribution < 1.29 is 9.18 Å². The van der Waals surface area contributed by atoms with Crippen LogP contribution in [0.2, 0.25) is 5.02 Å². The Morgan fingerprint density at radius 2 is 1.72 bits per heavy atom. The van der Waals surface area contributed by atoms with Crippen molar-refractivity contribution in [3.05, 3.63) is 99.8 Å². The first kappa shape index (κ1) is 24.5. The molecule has 186 valence electrons. The number of benzene rings is 3. The lowest BCUT2D eigenvalue weighted by molar-refractivity contribution is -0.134. The largest absolute Gasteiger partial charge is 0.367 e. The Hall–Kier alpha value is -3.22. The van der Waals surface area contributed by atoms with Crippen LogP contribution in [0.15, 0.2) is 71.8 Å². The van der Waals surface area contributed by atoms with Crippen LogP contribution in [-0.2, 0) is 4.79 Å². The van der Waals surface area contributed by atoms with Gasteiger partial charge in [-0.25, -0.2) is 9.40 Å². The van der Waals surface area contributed by atoms with Crippen LogP contribution in [-0.4, -0.2) is 54.3 Å². The molecule has 3 aromatic rings. The van der Waals surface area contributed by atoms with Crippen LogP contribution >= 0.6 is 11.6 Å². The third-order valence-electron chi connectivity index (χ3n) is 7.07. The van der Waals surface area contributed by atoms with Gasteiger partial charge in [0.05, 0.1) is 24.0 Å². The normalized spacial score (nSPS) is 18.4. The fourth-order valence-corrected chi connectivity index (χ4v) is 5.32. The molecule has 7 heteroatoms. The highest BCUT2D eigenvalue weighted by atomic mass is 35.5. The van der Waals surface area contributed by atoms with E-state index in [9.17, 15) is 9.18 Å². The molecule has 36 heavy (non-hydrogen) atoms. The second kappa shape index (κ2) is 10.4. The molecule has 1 amide bonds. The molecule has 0 bridgehead atoms. The lowest BCUT2D eigenvalue weighted by atomic mass is 9.94. The Kier molecular flexibility index (Phi) is 7.08. The van der Waals surface area contributed by atoms with Crippen molar-refractivity contribution in [1.29, 1.82) is 0 Å². The van der Waals surface area contributed by atoms with Gasteiger partial charge in [-0.1, -0.05) is 65.7 Å². The van der Waals surface area contributed by atoms with Gasteiger partial charge in [0.15, 0.2) is 0 Å². The molecule has 2 aliphatic rings. The van der Waals surface area contributed by atoms with E-state index < -0.39 is 0 Å². The van der Waals surface area contributed by atoms with Gasteiger partial charge in [-0.05, 0) is 43.2 Å². The highest BCUT2D eigenvalue weighted by Gasteiger charge is 2.35. The fourth-order valence-electron chi connectivity index (χ4n) is 5.08. The molecule has 0 radical (unpaired) electrons. The first-order valence-electron chi connectivity index (χ1n) is 12.3. The average Bonchev–Trinajstić information content (AvgIpc) is 3.32. The van der Waals surface area contributed by atoms with Crippen LogP contribution in [0.25, 0.3) is 0 Å². The van der Waals surface area contributed by atoms with E-state index in [4.69, 9.17) is 16.7 Å². The van der Waals surface area contributed by atoms with Crippen LogP contribution in [0.3, 0.4) is 0 Å². The maximum Gasteiger partial charge on any atom is 0.257 e. The van der Waals surface area contributed by atoms with Gasteiger partial charge in [0.2, 0.25) is 0 Å². The molecule has 5 rings (SSSR count). The minimum Gasteiger partial charge on any atom is -0.367 e. The quantitative estimate of drug-likeness (QED) is 0.454. The Labute approximate surface area is 216 Å². The fraction of sp³-hybridized carbons (Fsp3) is 0.310. The maximum atomic E-state index is 14.2. The van der Waals surface area contributed by atoms with Gasteiger partial charge in [-0.15, -0.1) is 0 Å². The van der Waals surface area contributed by atoms with Gasteiger partial charge < -0.3 is 4.90 Å². The molecule has 0 aliphatic carbocycles. The van der Waals surface area contributed by atoms with E-state index in [1.807, 2.05) is 35.2 Å². The van der Waals surface area contributed by atoms with Crippen LogP contribution in [0.1, 0.15) is 34.7 Å². The maximum absolute atomic E-state index is 14.2. The van der Waals surface area contributed by atoms with Gasteiger partial charge >= 0.3 is 0 Å². The third kappa shape index (κ3) is 5.01. The zero-order valence-electron chi connectivity index (χ0n) is 20.6. The molecule has 1 saturated heterocycles. The summed E-state index contributed by atoms with van der Waals surface area (Å²) in [6.07, 6.45) is 0.612. The topological polar surface area (TPSA) is 39.2 Å². The Balaban J connectivity index is 1.35. The molecule has 0 spiro atoms. The van der Waals surface area contributed by atoms with E-state index >= 15 is 0 Å². The molecular weight excluding hydrogens is 475 g/mol. The van der Waals surface area contributed by atoms with Crippen LogP contribution in [0.4, 0.5) is 10.1 Å². The van der Waals surface area contributed by atoms with Gasteiger partial charge in [-0.2, -0.15) is 5.10 Å². The van der Waals surface area contributed by atoms with Crippen molar-refractivity contribution in [2.75, 3.05) is 37.6 Å². The second-order valence-electron chi connectivity index (χ2n) is 9.56. The zero-order valence-corrected chi connectivity index (χ0v) is 21.4. The van der Waals surface area contributed by atoms with E-state index in [1.54, 1.807) is 17.1 Å². The summed E-state index contributed by atoms with van der Waals surface area (Å²) in [5.74, 6) is -0.251. The standard InChI is InChI=1S/C29H30ClFN4O/c1-20-11-12-21(2)23(17-20)28-18-26(22-7-3-4-8-24(22)30)32-35(28)29(36)19-33-13-15-34(16-14-33)27-10-6-5-9-25(27)31/h3-12,17,28H,13-16,18-19H2,1-2H3. The predicted molar refractivity (Wildman–Crippen MR) is 143 cm³/mol. The number of carbonyl (C=O) groups is 1. The molecular formula is C29H30ClFN4O. The summed E-state index contributed by atoms with van der Waals surface area (Å²) >= 11 is 6.49. The number of hydrogen-bond donors (Lipinski definition) is 0. The number of amides is 1. The van der Waals surface area contributed by atoms with Crippen molar-refractivity contribution >= 4 is 28.9 Å². The number of rotatable bonds is 5. The van der Waals surface area contributed by atoms with Crippen molar-refractivity contribution in [2.24, 2.45) is 5.10 Å². The summed E-state index contributed by atoms with van der Waals surface area (Å²) in [6.45, 7) is 7.12. The summed E-state index contributed by atoms with van der Waals surface area (Å²) in [5, 5.41) is 7.11. The van der Waals surface area contributed by atoms with Crippen molar-refractivity contribution in [3.8, 4) is 0 Å². The number of carbonyl (C=O) groups excluding carboxylic acids is 1. The lowest BCUT2D eigenvalue weighted by Crippen LogP contribution is -2.49. The molecule has 3 aromatic carbocycles. The number of nitrogens with zero attached hydrogens (tertiary/aromatic N) is 4. The summed E-state index contributed by atoms with van der Waals surface area (Å²) in [7, 11) is 0. The Morgan fingerprint density at radius 3 is 2.47 bits per heavy atom. The number of halogens is 2. The number of para-hydroxylation sites is 1. The smallest absolute Gasteiger partial charge is 0.257 e. The molecule has 0 aromatic heterocycles.